The lowest BCUT2D eigenvalue weighted by Crippen LogP contribution is -2.43. The Bertz CT molecular complexity index is 314. The van der Waals surface area contributed by atoms with Crippen LogP contribution >= 0.6 is 0 Å². The van der Waals surface area contributed by atoms with E-state index < -0.39 is 0 Å². The second-order valence-corrected chi connectivity index (χ2v) is 6.08. The van der Waals surface area contributed by atoms with Crippen molar-refractivity contribution in [3.63, 3.8) is 0 Å². The van der Waals surface area contributed by atoms with Crippen LogP contribution in [0.3, 0.4) is 0 Å². The third-order valence-electron chi connectivity index (χ3n) is 5.04. The highest BCUT2D eigenvalue weighted by molar-refractivity contribution is 5.78. The molecule has 18 heavy (non-hydrogen) atoms. The van der Waals surface area contributed by atoms with Crippen LogP contribution in [0.1, 0.15) is 26.2 Å². The van der Waals surface area contributed by atoms with Crippen LogP contribution < -0.4 is 5.32 Å². The van der Waals surface area contributed by atoms with Gasteiger partial charge in [0.05, 0.1) is 6.54 Å². The summed E-state index contributed by atoms with van der Waals surface area (Å²) in [5, 5.41) is 3.50. The first-order chi connectivity index (χ1) is 8.79. The van der Waals surface area contributed by atoms with Gasteiger partial charge >= 0.3 is 0 Å². The van der Waals surface area contributed by atoms with Gasteiger partial charge in [0.2, 0.25) is 5.91 Å². The topological polar surface area (TPSA) is 35.6 Å². The molecule has 0 aromatic rings. The summed E-state index contributed by atoms with van der Waals surface area (Å²) in [6.07, 6.45) is 3.56. The molecule has 3 saturated heterocycles. The van der Waals surface area contributed by atoms with Gasteiger partial charge in [0.25, 0.3) is 0 Å². The number of nitrogens with zero attached hydrogens (tertiary/aromatic N) is 2. The number of nitrogens with one attached hydrogen (secondary N) is 1. The van der Waals surface area contributed by atoms with E-state index in [4.69, 9.17) is 0 Å². The quantitative estimate of drug-likeness (QED) is 0.795. The Morgan fingerprint density at radius 1 is 1.28 bits per heavy atom. The zero-order valence-electron chi connectivity index (χ0n) is 11.4. The third-order valence-corrected chi connectivity index (χ3v) is 5.04. The number of hydrogen-bond donors (Lipinski definition) is 1. The van der Waals surface area contributed by atoms with E-state index in [1.54, 1.807) is 0 Å². The minimum atomic E-state index is 0.360. The number of carbonyl (C=O) groups is 1. The van der Waals surface area contributed by atoms with E-state index in [0.717, 1.165) is 44.6 Å². The highest BCUT2D eigenvalue weighted by Crippen LogP contribution is 2.34. The van der Waals surface area contributed by atoms with Crippen LogP contribution in [0, 0.1) is 11.8 Å². The molecule has 0 saturated carbocycles. The molecule has 3 atom stereocenters. The molecule has 3 unspecified atom stereocenters. The first kappa shape index (κ1) is 12.4. The van der Waals surface area contributed by atoms with Gasteiger partial charge in [-0.05, 0) is 44.2 Å². The summed E-state index contributed by atoms with van der Waals surface area (Å²) < 4.78 is 0. The van der Waals surface area contributed by atoms with Crippen LogP contribution in [-0.2, 0) is 4.79 Å². The maximum atomic E-state index is 12.3. The smallest absolute Gasteiger partial charge is 0.236 e. The molecule has 1 N–H and O–H groups in total. The second-order valence-electron chi connectivity index (χ2n) is 6.08. The minimum Gasteiger partial charge on any atom is -0.342 e. The number of rotatable bonds is 3. The summed E-state index contributed by atoms with van der Waals surface area (Å²) in [6.45, 7) is 8.31. The van der Waals surface area contributed by atoms with Crippen LogP contribution in [0.4, 0.5) is 0 Å². The number of hydrogen-bond acceptors (Lipinski definition) is 3. The Morgan fingerprint density at radius 2 is 2.06 bits per heavy atom. The lowest BCUT2D eigenvalue weighted by molar-refractivity contribution is -0.131. The molecule has 3 rings (SSSR count). The van der Waals surface area contributed by atoms with E-state index in [1.807, 2.05) is 0 Å². The molecular weight excluding hydrogens is 226 g/mol. The number of fused-ring (bicyclic) bond motifs is 1. The molecule has 0 radical (unpaired) electrons. The van der Waals surface area contributed by atoms with Crippen molar-refractivity contribution in [3.8, 4) is 0 Å². The van der Waals surface area contributed by atoms with Gasteiger partial charge < -0.3 is 10.2 Å². The Balaban J connectivity index is 1.60. The Labute approximate surface area is 110 Å². The summed E-state index contributed by atoms with van der Waals surface area (Å²) in [5.74, 6) is 1.92. The highest BCUT2D eigenvalue weighted by Gasteiger charge is 2.43. The van der Waals surface area contributed by atoms with Gasteiger partial charge in [-0.25, -0.2) is 0 Å². The van der Waals surface area contributed by atoms with Gasteiger partial charge in [0, 0.05) is 25.7 Å². The van der Waals surface area contributed by atoms with E-state index >= 15 is 0 Å². The zero-order valence-corrected chi connectivity index (χ0v) is 11.4. The van der Waals surface area contributed by atoms with Crippen molar-refractivity contribution in [3.05, 3.63) is 0 Å². The van der Waals surface area contributed by atoms with Crippen molar-refractivity contribution < 1.29 is 4.79 Å². The highest BCUT2D eigenvalue weighted by atomic mass is 16.2. The van der Waals surface area contributed by atoms with Crippen LogP contribution in [0.15, 0.2) is 0 Å². The number of carbonyl (C=O) groups excluding carboxylic acids is 1. The average Bonchev–Trinajstić information content (AvgIpc) is 3.04. The monoisotopic (exact) mass is 251 g/mol. The van der Waals surface area contributed by atoms with E-state index in [0.29, 0.717) is 18.5 Å². The summed E-state index contributed by atoms with van der Waals surface area (Å²) in [7, 11) is 0. The fraction of sp³-hybridized carbons (Fsp3) is 0.929. The lowest BCUT2D eigenvalue weighted by Gasteiger charge is -2.28. The van der Waals surface area contributed by atoms with Crippen LogP contribution in [0.25, 0.3) is 0 Å². The van der Waals surface area contributed by atoms with E-state index in [1.165, 1.54) is 19.3 Å². The summed E-state index contributed by atoms with van der Waals surface area (Å²) in [5.41, 5.74) is 0. The fourth-order valence-electron chi connectivity index (χ4n) is 4.09. The predicted molar refractivity (Wildman–Crippen MR) is 71.3 cm³/mol. The maximum Gasteiger partial charge on any atom is 0.236 e. The molecule has 102 valence electrons. The standard InChI is InChI=1S/C14H25N3O/c1-2-13-12-8-15-7-11(12)9-17(13)10-14(18)16-5-3-4-6-16/h11-13,15H,2-10H2,1H3. The molecule has 3 heterocycles. The number of likely N-dealkylation sites (tertiary alicyclic amines) is 2. The first-order valence-corrected chi connectivity index (χ1v) is 7.52. The van der Waals surface area contributed by atoms with E-state index in [-0.39, 0.29) is 0 Å². The van der Waals surface area contributed by atoms with Gasteiger partial charge in [-0.2, -0.15) is 0 Å². The Hall–Kier alpha value is -0.610. The van der Waals surface area contributed by atoms with Gasteiger partial charge in [-0.1, -0.05) is 6.92 Å². The molecule has 3 fully saturated rings. The molecule has 0 aromatic heterocycles. The van der Waals surface area contributed by atoms with Crippen molar-refractivity contribution in [2.75, 3.05) is 39.3 Å². The van der Waals surface area contributed by atoms with Crippen LogP contribution in [0.5, 0.6) is 0 Å². The van der Waals surface area contributed by atoms with Gasteiger partial charge in [-0.15, -0.1) is 0 Å². The number of amides is 1. The summed E-state index contributed by atoms with van der Waals surface area (Å²) in [6, 6.07) is 0.622. The Morgan fingerprint density at radius 3 is 2.78 bits per heavy atom. The fourth-order valence-corrected chi connectivity index (χ4v) is 4.09. The van der Waals surface area contributed by atoms with Gasteiger partial charge in [-0.3, -0.25) is 9.69 Å². The molecule has 0 bridgehead atoms. The summed E-state index contributed by atoms with van der Waals surface area (Å²) in [4.78, 5) is 16.8. The van der Waals surface area contributed by atoms with Crippen molar-refractivity contribution in [1.82, 2.24) is 15.1 Å². The largest absolute Gasteiger partial charge is 0.342 e. The minimum absolute atomic E-state index is 0.360. The van der Waals surface area contributed by atoms with Crippen LogP contribution in [-0.4, -0.2) is 61.0 Å². The molecule has 3 aliphatic heterocycles. The van der Waals surface area contributed by atoms with Crippen molar-refractivity contribution >= 4 is 5.91 Å². The van der Waals surface area contributed by atoms with Gasteiger partial charge in [0.15, 0.2) is 0 Å². The van der Waals surface area contributed by atoms with Gasteiger partial charge in [0.1, 0.15) is 0 Å². The van der Waals surface area contributed by atoms with Crippen molar-refractivity contribution in [2.45, 2.75) is 32.2 Å². The molecule has 1 amide bonds. The zero-order chi connectivity index (χ0) is 12.5. The van der Waals surface area contributed by atoms with E-state index in [2.05, 4.69) is 22.0 Å². The SMILES string of the molecule is CCC1C2CNCC2CN1CC(=O)N1CCCC1. The molecule has 0 aromatic carbocycles. The summed E-state index contributed by atoms with van der Waals surface area (Å²) >= 11 is 0. The molecule has 4 nitrogen and oxygen atoms in total. The van der Waals surface area contributed by atoms with Crippen LogP contribution in [0.2, 0.25) is 0 Å². The predicted octanol–water partition coefficient (Wildman–Crippen LogP) is 0.539. The van der Waals surface area contributed by atoms with Crippen molar-refractivity contribution in [2.24, 2.45) is 11.8 Å². The second kappa shape index (κ2) is 5.17. The average molecular weight is 251 g/mol. The molecule has 0 aliphatic carbocycles. The maximum absolute atomic E-state index is 12.3. The normalized spacial score (nSPS) is 36.3. The Kier molecular flexibility index (Phi) is 3.57. The molecular formula is C14H25N3O. The third kappa shape index (κ3) is 2.16. The molecule has 3 aliphatic rings. The molecule has 4 heteroatoms. The van der Waals surface area contributed by atoms with Crippen molar-refractivity contribution in [1.29, 1.82) is 0 Å². The molecule has 0 spiro atoms. The first-order valence-electron chi connectivity index (χ1n) is 7.52. The lowest BCUT2D eigenvalue weighted by atomic mass is 9.93. The van der Waals surface area contributed by atoms with E-state index in [9.17, 15) is 4.79 Å².